The maximum Gasteiger partial charge on any atom is 0.315 e. The summed E-state index contributed by atoms with van der Waals surface area (Å²) in [5, 5.41) is 12.4. The van der Waals surface area contributed by atoms with Gasteiger partial charge in [0, 0.05) is 6.54 Å². The molecule has 0 spiro atoms. The van der Waals surface area contributed by atoms with Gasteiger partial charge in [-0.25, -0.2) is 0 Å². The summed E-state index contributed by atoms with van der Waals surface area (Å²) in [5.74, 6) is -0.336. The van der Waals surface area contributed by atoms with E-state index >= 15 is 0 Å². The molecule has 6 nitrogen and oxygen atoms in total. The molecule has 136 valence electrons. The molecule has 0 bridgehead atoms. The van der Waals surface area contributed by atoms with Gasteiger partial charge in [0.2, 0.25) is 6.10 Å². The molecule has 26 heavy (non-hydrogen) atoms. The van der Waals surface area contributed by atoms with Gasteiger partial charge in [-0.3, -0.25) is 9.59 Å². The van der Waals surface area contributed by atoms with E-state index < -0.39 is 29.5 Å². The molecular formula is C20H21NO5. The molecular weight excluding hydrogens is 334 g/mol. The van der Waals surface area contributed by atoms with Crippen LogP contribution in [-0.4, -0.2) is 35.7 Å². The number of aliphatic carboxylic acids is 1. The molecule has 1 aliphatic heterocycles. The van der Waals surface area contributed by atoms with Crippen molar-refractivity contribution >= 4 is 11.9 Å². The van der Waals surface area contributed by atoms with Crippen LogP contribution in [0.15, 0.2) is 54.6 Å². The molecule has 3 rings (SSSR count). The molecule has 3 unspecified atom stereocenters. The van der Waals surface area contributed by atoms with Crippen LogP contribution in [0.3, 0.4) is 0 Å². The molecule has 1 aliphatic rings. The molecule has 1 amide bonds. The summed E-state index contributed by atoms with van der Waals surface area (Å²) in [5.41, 5.74) is -0.625. The Morgan fingerprint density at radius 1 is 1.04 bits per heavy atom. The van der Waals surface area contributed by atoms with E-state index in [0.717, 1.165) is 0 Å². The lowest BCUT2D eigenvalue weighted by molar-refractivity contribution is -0.143. The lowest BCUT2D eigenvalue weighted by atomic mass is 9.82. The molecule has 0 aliphatic carbocycles. The van der Waals surface area contributed by atoms with Crippen LogP contribution in [0.1, 0.15) is 19.4 Å². The predicted octanol–water partition coefficient (Wildman–Crippen LogP) is 2.37. The summed E-state index contributed by atoms with van der Waals surface area (Å²) < 4.78 is 11.5. The summed E-state index contributed by atoms with van der Waals surface area (Å²) in [6.07, 6.45) is -1.34. The van der Waals surface area contributed by atoms with Gasteiger partial charge < -0.3 is 19.9 Å². The zero-order valence-electron chi connectivity index (χ0n) is 14.6. The Balaban J connectivity index is 1.72. The number of para-hydroxylation sites is 2. The van der Waals surface area contributed by atoms with E-state index in [4.69, 9.17) is 9.47 Å². The summed E-state index contributed by atoms with van der Waals surface area (Å²) >= 11 is 0. The predicted molar refractivity (Wildman–Crippen MR) is 95.4 cm³/mol. The van der Waals surface area contributed by atoms with Crippen molar-refractivity contribution in [1.29, 1.82) is 0 Å². The van der Waals surface area contributed by atoms with Gasteiger partial charge in [0.25, 0.3) is 5.91 Å². The van der Waals surface area contributed by atoms with Crippen molar-refractivity contribution in [2.45, 2.75) is 31.5 Å². The lowest BCUT2D eigenvalue weighted by Crippen LogP contribution is -2.52. The number of carbonyl (C=O) groups is 2. The molecule has 0 aromatic heterocycles. The van der Waals surface area contributed by atoms with E-state index in [1.807, 2.05) is 12.1 Å². The third kappa shape index (κ3) is 3.35. The van der Waals surface area contributed by atoms with Crippen molar-refractivity contribution in [3.8, 4) is 11.5 Å². The van der Waals surface area contributed by atoms with E-state index in [9.17, 15) is 14.7 Å². The number of ether oxygens (including phenoxy) is 2. The van der Waals surface area contributed by atoms with Crippen LogP contribution in [-0.2, 0) is 15.0 Å². The molecule has 2 N–H and O–H groups in total. The highest BCUT2D eigenvalue weighted by molar-refractivity contribution is 5.85. The first-order valence-electron chi connectivity index (χ1n) is 8.41. The lowest BCUT2D eigenvalue weighted by Gasteiger charge is -2.32. The number of carboxylic acids is 1. The number of rotatable bonds is 5. The van der Waals surface area contributed by atoms with Crippen LogP contribution in [0.5, 0.6) is 11.5 Å². The van der Waals surface area contributed by atoms with E-state index in [1.165, 1.54) is 0 Å². The minimum absolute atomic E-state index is 0.0561. The first-order valence-corrected chi connectivity index (χ1v) is 8.41. The number of carboxylic acid groups (broad SMARTS) is 1. The second-order valence-corrected chi connectivity index (χ2v) is 6.53. The quantitative estimate of drug-likeness (QED) is 0.860. The molecule has 3 atom stereocenters. The van der Waals surface area contributed by atoms with Crippen LogP contribution in [0.2, 0.25) is 0 Å². The number of hydrogen-bond donors (Lipinski definition) is 2. The Morgan fingerprint density at radius 2 is 1.62 bits per heavy atom. The summed E-state index contributed by atoms with van der Waals surface area (Å²) in [7, 11) is 0. The summed E-state index contributed by atoms with van der Waals surface area (Å²) in [4.78, 5) is 24.4. The van der Waals surface area contributed by atoms with Crippen LogP contribution in [0.25, 0.3) is 0 Å². The van der Waals surface area contributed by atoms with Crippen molar-refractivity contribution in [2.24, 2.45) is 0 Å². The Hall–Kier alpha value is -3.02. The fourth-order valence-electron chi connectivity index (χ4n) is 2.88. The molecule has 6 heteroatoms. The fraction of sp³-hybridized carbons (Fsp3) is 0.300. The van der Waals surface area contributed by atoms with Crippen LogP contribution >= 0.6 is 0 Å². The molecule has 0 radical (unpaired) electrons. The fourth-order valence-corrected chi connectivity index (χ4v) is 2.88. The second-order valence-electron chi connectivity index (χ2n) is 6.53. The molecule has 0 saturated carbocycles. The number of amides is 1. The van der Waals surface area contributed by atoms with E-state index in [-0.39, 0.29) is 6.54 Å². The SMILES string of the molecule is CC1Oc2ccccc2OC1C(=O)NCC(C)(C(=O)O)c1ccccc1. The summed E-state index contributed by atoms with van der Waals surface area (Å²) in [6, 6.07) is 16.0. The first-order chi connectivity index (χ1) is 12.4. The Bertz CT molecular complexity index is 807. The topological polar surface area (TPSA) is 84.9 Å². The normalized spacial score (nSPS) is 20.7. The van der Waals surface area contributed by atoms with Gasteiger partial charge in [0.15, 0.2) is 11.5 Å². The van der Waals surface area contributed by atoms with Gasteiger partial charge in [-0.05, 0) is 31.5 Å². The number of nitrogens with one attached hydrogen (secondary N) is 1. The zero-order chi connectivity index (χ0) is 18.7. The van der Waals surface area contributed by atoms with E-state index in [2.05, 4.69) is 5.32 Å². The molecule has 1 heterocycles. The van der Waals surface area contributed by atoms with E-state index in [0.29, 0.717) is 17.1 Å². The minimum Gasteiger partial charge on any atom is -0.482 e. The van der Waals surface area contributed by atoms with Crippen molar-refractivity contribution in [2.75, 3.05) is 6.54 Å². The van der Waals surface area contributed by atoms with Gasteiger partial charge in [-0.2, -0.15) is 0 Å². The number of benzene rings is 2. The molecule has 0 saturated heterocycles. The minimum atomic E-state index is -1.24. The standard InChI is InChI=1S/C20H21NO5/c1-13-17(26-16-11-7-6-10-15(16)25-13)18(22)21-12-20(2,19(23)24)14-8-4-3-5-9-14/h3-11,13,17H,12H2,1-2H3,(H,21,22)(H,23,24). The van der Waals surface area contributed by atoms with Crippen molar-refractivity contribution in [3.05, 3.63) is 60.2 Å². The molecule has 2 aromatic carbocycles. The average Bonchev–Trinajstić information content (AvgIpc) is 2.65. The maximum atomic E-state index is 12.6. The third-order valence-electron chi connectivity index (χ3n) is 4.60. The van der Waals surface area contributed by atoms with Gasteiger partial charge >= 0.3 is 5.97 Å². The Morgan fingerprint density at radius 3 is 2.23 bits per heavy atom. The second kappa shape index (κ2) is 7.07. The van der Waals surface area contributed by atoms with Gasteiger partial charge in [-0.15, -0.1) is 0 Å². The van der Waals surface area contributed by atoms with E-state index in [1.54, 1.807) is 56.3 Å². The van der Waals surface area contributed by atoms with Gasteiger partial charge in [-0.1, -0.05) is 42.5 Å². The van der Waals surface area contributed by atoms with Gasteiger partial charge in [0.1, 0.15) is 11.5 Å². The number of hydrogen-bond acceptors (Lipinski definition) is 4. The van der Waals surface area contributed by atoms with Gasteiger partial charge in [0.05, 0.1) is 0 Å². The van der Waals surface area contributed by atoms with Crippen molar-refractivity contribution < 1.29 is 24.2 Å². The largest absolute Gasteiger partial charge is 0.482 e. The molecule has 0 fully saturated rings. The van der Waals surface area contributed by atoms with Crippen molar-refractivity contribution in [3.63, 3.8) is 0 Å². The smallest absolute Gasteiger partial charge is 0.315 e. The zero-order valence-corrected chi connectivity index (χ0v) is 14.6. The highest BCUT2D eigenvalue weighted by Crippen LogP contribution is 2.33. The third-order valence-corrected chi connectivity index (χ3v) is 4.60. The van der Waals surface area contributed by atoms with Crippen molar-refractivity contribution in [1.82, 2.24) is 5.32 Å². The average molecular weight is 355 g/mol. The Labute approximate surface area is 151 Å². The highest BCUT2D eigenvalue weighted by Gasteiger charge is 2.39. The number of fused-ring (bicyclic) bond motifs is 1. The first kappa shape index (κ1) is 17.8. The summed E-state index contributed by atoms with van der Waals surface area (Å²) in [6.45, 7) is 3.27. The Kier molecular flexibility index (Phi) is 4.84. The monoisotopic (exact) mass is 355 g/mol. The molecule has 2 aromatic rings. The highest BCUT2D eigenvalue weighted by atomic mass is 16.6. The van der Waals surface area contributed by atoms with Crippen LogP contribution in [0, 0.1) is 0 Å². The van der Waals surface area contributed by atoms with Crippen LogP contribution in [0.4, 0.5) is 0 Å². The number of carbonyl (C=O) groups excluding carboxylic acids is 1. The van der Waals surface area contributed by atoms with Crippen LogP contribution < -0.4 is 14.8 Å². The maximum absolute atomic E-state index is 12.6.